The zero-order chi connectivity index (χ0) is 15.9. The molecule has 0 spiro atoms. The largest absolute Gasteiger partial charge is 0.495 e. The van der Waals surface area contributed by atoms with Gasteiger partial charge in [-0.15, -0.1) is 0 Å². The van der Waals surface area contributed by atoms with E-state index < -0.39 is 0 Å². The Labute approximate surface area is 129 Å². The lowest BCUT2D eigenvalue weighted by atomic mass is 10.2. The molecule has 0 fully saturated rings. The van der Waals surface area contributed by atoms with Crippen LogP contribution in [-0.4, -0.2) is 26.6 Å². The molecular formula is C17H20FN2O2+. The minimum absolute atomic E-state index is 0.0934. The first-order valence-electron chi connectivity index (χ1n) is 7.07. The van der Waals surface area contributed by atoms with Crippen molar-refractivity contribution in [1.82, 2.24) is 0 Å². The number of methoxy groups -OCH3 is 1. The summed E-state index contributed by atoms with van der Waals surface area (Å²) >= 11 is 0. The zero-order valence-corrected chi connectivity index (χ0v) is 12.7. The Morgan fingerprint density at radius 3 is 2.55 bits per heavy atom. The van der Waals surface area contributed by atoms with Crippen LogP contribution in [0.3, 0.4) is 0 Å². The molecule has 0 aromatic heterocycles. The lowest BCUT2D eigenvalue weighted by Gasteiger charge is -2.15. The van der Waals surface area contributed by atoms with Crippen molar-refractivity contribution in [3.8, 4) is 5.75 Å². The fourth-order valence-electron chi connectivity index (χ4n) is 2.23. The van der Waals surface area contributed by atoms with E-state index in [9.17, 15) is 9.18 Å². The average Bonchev–Trinajstić information content (AvgIpc) is 2.50. The van der Waals surface area contributed by atoms with Crippen molar-refractivity contribution in [3.63, 3.8) is 0 Å². The molecule has 4 nitrogen and oxygen atoms in total. The van der Waals surface area contributed by atoms with E-state index >= 15 is 0 Å². The van der Waals surface area contributed by atoms with Gasteiger partial charge in [-0.05, 0) is 24.3 Å². The number of anilines is 1. The summed E-state index contributed by atoms with van der Waals surface area (Å²) in [6, 6.07) is 13.6. The molecule has 0 saturated heterocycles. The van der Waals surface area contributed by atoms with Crippen molar-refractivity contribution in [3.05, 3.63) is 59.9 Å². The van der Waals surface area contributed by atoms with Crippen molar-refractivity contribution >= 4 is 11.6 Å². The van der Waals surface area contributed by atoms with E-state index in [2.05, 4.69) is 5.32 Å². The van der Waals surface area contributed by atoms with Crippen LogP contribution < -0.4 is 15.0 Å². The lowest BCUT2D eigenvalue weighted by Crippen LogP contribution is -3.08. The van der Waals surface area contributed by atoms with E-state index in [0.29, 0.717) is 24.5 Å². The molecule has 1 unspecified atom stereocenters. The van der Waals surface area contributed by atoms with Crippen molar-refractivity contribution in [2.24, 2.45) is 0 Å². The fraction of sp³-hybridized carbons (Fsp3) is 0.235. The quantitative estimate of drug-likeness (QED) is 0.849. The topological polar surface area (TPSA) is 42.8 Å². The number of carbonyl (C=O) groups excluding carboxylic acids is 1. The fourth-order valence-corrected chi connectivity index (χ4v) is 2.23. The SMILES string of the molecule is COc1ccccc1NC(=O)C[NH+](C)Cc1ccc(F)cc1. The van der Waals surface area contributed by atoms with Gasteiger partial charge in [-0.3, -0.25) is 4.79 Å². The summed E-state index contributed by atoms with van der Waals surface area (Å²) < 4.78 is 18.1. The Balaban J connectivity index is 1.89. The standard InChI is InChI=1S/C17H19FN2O2/c1-20(11-13-7-9-14(18)10-8-13)12-17(21)19-15-5-3-4-6-16(15)22-2/h3-10H,11-12H2,1-2H3,(H,19,21)/p+1. The lowest BCUT2D eigenvalue weighted by molar-refractivity contribution is -0.885. The van der Waals surface area contributed by atoms with E-state index in [1.54, 1.807) is 31.4 Å². The number of likely N-dealkylation sites (N-methyl/N-ethyl adjacent to an activating group) is 1. The summed E-state index contributed by atoms with van der Waals surface area (Å²) in [7, 11) is 3.49. The molecule has 1 amide bonds. The van der Waals surface area contributed by atoms with E-state index in [4.69, 9.17) is 4.74 Å². The molecule has 116 valence electrons. The highest BCUT2D eigenvalue weighted by Crippen LogP contribution is 2.22. The van der Waals surface area contributed by atoms with E-state index in [0.717, 1.165) is 10.5 Å². The first-order chi connectivity index (χ1) is 10.6. The van der Waals surface area contributed by atoms with Gasteiger partial charge >= 0.3 is 0 Å². The zero-order valence-electron chi connectivity index (χ0n) is 12.7. The Hall–Kier alpha value is -2.40. The third kappa shape index (κ3) is 4.56. The molecule has 0 aliphatic carbocycles. The van der Waals surface area contributed by atoms with Crippen molar-refractivity contribution in [2.45, 2.75) is 6.54 Å². The highest BCUT2D eigenvalue weighted by molar-refractivity contribution is 5.92. The number of ether oxygens (including phenoxy) is 1. The van der Waals surface area contributed by atoms with Crippen LogP contribution >= 0.6 is 0 Å². The average molecular weight is 303 g/mol. The molecule has 0 bridgehead atoms. The number of benzene rings is 2. The number of hydrogen-bond donors (Lipinski definition) is 2. The number of carbonyl (C=O) groups is 1. The molecule has 2 aromatic carbocycles. The van der Waals surface area contributed by atoms with Gasteiger partial charge in [0.1, 0.15) is 18.1 Å². The van der Waals surface area contributed by atoms with Crippen molar-refractivity contribution in [2.75, 3.05) is 26.0 Å². The number of quaternary nitrogens is 1. The van der Waals surface area contributed by atoms with Crippen LogP contribution in [0.4, 0.5) is 10.1 Å². The van der Waals surface area contributed by atoms with Gasteiger partial charge in [-0.2, -0.15) is 0 Å². The number of hydrogen-bond acceptors (Lipinski definition) is 2. The van der Waals surface area contributed by atoms with Gasteiger partial charge < -0.3 is 15.0 Å². The molecule has 2 N–H and O–H groups in total. The Morgan fingerprint density at radius 2 is 1.86 bits per heavy atom. The van der Waals surface area contributed by atoms with Gasteiger partial charge in [-0.1, -0.05) is 24.3 Å². The molecule has 0 saturated carbocycles. The Bertz CT molecular complexity index is 629. The van der Waals surface area contributed by atoms with Gasteiger partial charge in [0, 0.05) is 5.56 Å². The molecule has 5 heteroatoms. The summed E-state index contributed by atoms with van der Waals surface area (Å²) in [5.41, 5.74) is 1.65. The summed E-state index contributed by atoms with van der Waals surface area (Å²) in [4.78, 5) is 13.1. The minimum atomic E-state index is -0.254. The first kappa shape index (κ1) is 16.0. The molecule has 0 radical (unpaired) electrons. The summed E-state index contributed by atoms with van der Waals surface area (Å²) in [6.45, 7) is 0.967. The van der Waals surface area contributed by atoms with Gasteiger partial charge in [0.2, 0.25) is 0 Å². The highest BCUT2D eigenvalue weighted by Gasteiger charge is 2.12. The first-order valence-corrected chi connectivity index (χ1v) is 7.07. The maximum atomic E-state index is 12.9. The van der Waals surface area contributed by atoms with E-state index in [1.807, 2.05) is 19.2 Å². The van der Waals surface area contributed by atoms with Gasteiger partial charge in [0.05, 0.1) is 19.8 Å². The molecule has 0 heterocycles. The molecule has 2 aromatic rings. The van der Waals surface area contributed by atoms with Crippen LogP contribution in [-0.2, 0) is 11.3 Å². The van der Waals surface area contributed by atoms with Crippen molar-refractivity contribution < 1.29 is 18.8 Å². The second kappa shape index (κ2) is 7.56. The van der Waals surface area contributed by atoms with Gasteiger partial charge in [-0.25, -0.2) is 4.39 Å². The van der Waals surface area contributed by atoms with Crippen LogP contribution in [0.15, 0.2) is 48.5 Å². The maximum absolute atomic E-state index is 12.9. The number of para-hydroxylation sites is 2. The van der Waals surface area contributed by atoms with Gasteiger partial charge in [0.25, 0.3) is 5.91 Å². The predicted octanol–water partition coefficient (Wildman–Crippen LogP) is 1.49. The number of amides is 1. The second-order valence-corrected chi connectivity index (χ2v) is 5.19. The molecule has 0 aliphatic heterocycles. The number of halogens is 1. The van der Waals surface area contributed by atoms with Crippen LogP contribution in [0, 0.1) is 5.82 Å². The molecule has 22 heavy (non-hydrogen) atoms. The highest BCUT2D eigenvalue weighted by atomic mass is 19.1. The number of nitrogens with one attached hydrogen (secondary N) is 2. The third-order valence-corrected chi connectivity index (χ3v) is 3.26. The van der Waals surface area contributed by atoms with Crippen molar-refractivity contribution in [1.29, 1.82) is 0 Å². The Morgan fingerprint density at radius 1 is 1.18 bits per heavy atom. The number of rotatable bonds is 6. The normalized spacial score (nSPS) is 11.8. The van der Waals surface area contributed by atoms with Crippen LogP contribution in [0.5, 0.6) is 5.75 Å². The predicted molar refractivity (Wildman–Crippen MR) is 83.5 cm³/mol. The second-order valence-electron chi connectivity index (χ2n) is 5.19. The summed E-state index contributed by atoms with van der Waals surface area (Å²) in [6.07, 6.45) is 0. The van der Waals surface area contributed by atoms with Crippen LogP contribution in [0.1, 0.15) is 5.56 Å². The molecule has 1 atom stereocenters. The van der Waals surface area contributed by atoms with Gasteiger partial charge in [0.15, 0.2) is 6.54 Å². The summed E-state index contributed by atoms with van der Waals surface area (Å²) in [5, 5.41) is 2.84. The Kier molecular flexibility index (Phi) is 5.49. The van der Waals surface area contributed by atoms with E-state index in [-0.39, 0.29) is 11.7 Å². The van der Waals surface area contributed by atoms with Crippen LogP contribution in [0.25, 0.3) is 0 Å². The smallest absolute Gasteiger partial charge is 0.279 e. The monoisotopic (exact) mass is 303 g/mol. The molecule has 0 aliphatic rings. The van der Waals surface area contributed by atoms with Crippen LogP contribution in [0.2, 0.25) is 0 Å². The molecule has 2 rings (SSSR count). The minimum Gasteiger partial charge on any atom is -0.495 e. The maximum Gasteiger partial charge on any atom is 0.279 e. The summed E-state index contributed by atoms with van der Waals surface area (Å²) in [5.74, 6) is 0.284. The molecular weight excluding hydrogens is 283 g/mol. The van der Waals surface area contributed by atoms with E-state index in [1.165, 1.54) is 12.1 Å². The third-order valence-electron chi connectivity index (χ3n) is 3.26.